The van der Waals surface area contributed by atoms with E-state index in [1.165, 1.54) is 49.0 Å². The molecule has 1 heterocycles. The Morgan fingerprint density at radius 1 is 1.11 bits per heavy atom. The van der Waals surface area contributed by atoms with Crippen LogP contribution in [0.25, 0.3) is 10.1 Å². The molecule has 0 atom stereocenters. The third-order valence-corrected chi connectivity index (χ3v) is 6.65. The number of aromatic carboxylic acids is 1. The van der Waals surface area contributed by atoms with Crippen LogP contribution in [0.1, 0.15) is 58.8 Å². The molecule has 0 amide bonds. The summed E-state index contributed by atoms with van der Waals surface area (Å²) in [5.74, 6) is 1.41. The minimum Gasteiger partial charge on any atom is -0.496 e. The highest BCUT2D eigenvalue weighted by atomic mass is 32.1. The number of methoxy groups -OCH3 is 1. The number of rotatable bonds is 5. The van der Waals surface area contributed by atoms with E-state index in [4.69, 9.17) is 9.47 Å². The van der Waals surface area contributed by atoms with Gasteiger partial charge in [0, 0.05) is 10.1 Å². The van der Waals surface area contributed by atoms with E-state index in [1.807, 2.05) is 31.2 Å². The van der Waals surface area contributed by atoms with Gasteiger partial charge in [-0.15, -0.1) is 11.3 Å². The third-order valence-electron chi connectivity index (χ3n) is 5.53. The van der Waals surface area contributed by atoms with Crippen LogP contribution in [-0.4, -0.2) is 18.2 Å². The highest BCUT2D eigenvalue weighted by molar-refractivity contribution is 7.21. The van der Waals surface area contributed by atoms with Gasteiger partial charge in [0.25, 0.3) is 0 Å². The SMILES string of the molecule is COc1cc2c(Oc3ccc(C4CCCCC4)cc3)c(C(=O)O)sc2cc1C. The van der Waals surface area contributed by atoms with Crippen molar-refractivity contribution in [2.45, 2.75) is 44.9 Å². The first kappa shape index (κ1) is 18.8. The second-order valence-corrected chi connectivity index (χ2v) is 8.44. The Hall–Kier alpha value is -2.53. The number of benzene rings is 2. The van der Waals surface area contributed by atoms with E-state index >= 15 is 0 Å². The molecule has 1 aromatic heterocycles. The van der Waals surface area contributed by atoms with Gasteiger partial charge in [0.05, 0.1) is 7.11 Å². The van der Waals surface area contributed by atoms with E-state index in [1.54, 1.807) is 7.11 Å². The molecule has 0 saturated heterocycles. The number of fused-ring (bicyclic) bond motifs is 1. The highest BCUT2D eigenvalue weighted by Crippen LogP contribution is 2.43. The molecule has 0 unspecified atom stereocenters. The molecule has 0 aliphatic heterocycles. The van der Waals surface area contributed by atoms with E-state index in [2.05, 4.69) is 12.1 Å². The molecule has 4 nitrogen and oxygen atoms in total. The Bertz CT molecular complexity index is 998. The van der Waals surface area contributed by atoms with E-state index in [0.29, 0.717) is 17.4 Å². The Labute approximate surface area is 168 Å². The zero-order valence-electron chi connectivity index (χ0n) is 16.2. The zero-order valence-corrected chi connectivity index (χ0v) is 17.0. The molecule has 0 spiro atoms. The average molecular weight is 397 g/mol. The minimum atomic E-state index is -0.980. The van der Waals surface area contributed by atoms with Crippen LogP contribution in [0, 0.1) is 6.92 Å². The number of hydrogen-bond acceptors (Lipinski definition) is 4. The van der Waals surface area contributed by atoms with Crippen LogP contribution in [-0.2, 0) is 0 Å². The predicted molar refractivity (Wildman–Crippen MR) is 112 cm³/mol. The van der Waals surface area contributed by atoms with Crippen molar-refractivity contribution in [3.63, 3.8) is 0 Å². The molecule has 4 rings (SSSR count). The number of carboxylic acid groups (broad SMARTS) is 1. The molecule has 146 valence electrons. The fraction of sp³-hybridized carbons (Fsp3) is 0.348. The largest absolute Gasteiger partial charge is 0.496 e. The van der Waals surface area contributed by atoms with E-state index in [9.17, 15) is 9.90 Å². The number of carboxylic acids is 1. The molecule has 28 heavy (non-hydrogen) atoms. The van der Waals surface area contributed by atoms with Crippen LogP contribution in [0.2, 0.25) is 0 Å². The molecule has 1 aliphatic rings. The van der Waals surface area contributed by atoms with Gasteiger partial charge in [0.15, 0.2) is 10.6 Å². The lowest BCUT2D eigenvalue weighted by molar-refractivity contribution is 0.0700. The number of thiophene rings is 1. The van der Waals surface area contributed by atoms with Gasteiger partial charge in [-0.1, -0.05) is 31.4 Å². The van der Waals surface area contributed by atoms with Gasteiger partial charge in [-0.05, 0) is 61.1 Å². The molecule has 3 aromatic rings. The fourth-order valence-corrected chi connectivity index (χ4v) is 5.07. The van der Waals surface area contributed by atoms with Crippen molar-refractivity contribution in [2.24, 2.45) is 0 Å². The Kier molecular flexibility index (Phi) is 5.27. The van der Waals surface area contributed by atoms with Gasteiger partial charge in [0.2, 0.25) is 0 Å². The summed E-state index contributed by atoms with van der Waals surface area (Å²) in [5, 5.41) is 10.4. The summed E-state index contributed by atoms with van der Waals surface area (Å²) < 4.78 is 12.4. The molecule has 1 aliphatic carbocycles. The number of ether oxygens (including phenoxy) is 2. The normalized spacial score (nSPS) is 14.9. The number of aryl methyl sites for hydroxylation is 1. The molecular weight excluding hydrogens is 372 g/mol. The second-order valence-electron chi connectivity index (χ2n) is 7.39. The van der Waals surface area contributed by atoms with Gasteiger partial charge in [0.1, 0.15) is 11.5 Å². The van der Waals surface area contributed by atoms with Gasteiger partial charge in [-0.2, -0.15) is 0 Å². The summed E-state index contributed by atoms with van der Waals surface area (Å²) in [6.45, 7) is 1.95. The van der Waals surface area contributed by atoms with Crippen LogP contribution in [0.3, 0.4) is 0 Å². The molecule has 2 aromatic carbocycles. The van der Waals surface area contributed by atoms with E-state index in [-0.39, 0.29) is 4.88 Å². The fourth-order valence-electron chi connectivity index (χ4n) is 4.03. The first-order chi connectivity index (χ1) is 13.6. The van der Waals surface area contributed by atoms with Crippen LogP contribution in [0.5, 0.6) is 17.2 Å². The molecule has 5 heteroatoms. The van der Waals surface area contributed by atoms with Crippen molar-refractivity contribution in [2.75, 3.05) is 7.11 Å². The topological polar surface area (TPSA) is 55.8 Å². The van der Waals surface area contributed by atoms with Gasteiger partial charge in [-0.25, -0.2) is 4.79 Å². The number of carbonyl (C=O) groups is 1. The Morgan fingerprint density at radius 3 is 2.46 bits per heavy atom. The zero-order chi connectivity index (χ0) is 19.7. The van der Waals surface area contributed by atoms with Crippen molar-refractivity contribution >= 4 is 27.4 Å². The summed E-state index contributed by atoms with van der Waals surface area (Å²) in [6, 6.07) is 11.9. The quantitative estimate of drug-likeness (QED) is 0.518. The first-order valence-electron chi connectivity index (χ1n) is 9.69. The van der Waals surface area contributed by atoms with Crippen molar-refractivity contribution < 1.29 is 19.4 Å². The van der Waals surface area contributed by atoms with Crippen LogP contribution >= 0.6 is 11.3 Å². The third kappa shape index (κ3) is 3.59. The summed E-state index contributed by atoms with van der Waals surface area (Å²) >= 11 is 1.23. The maximum Gasteiger partial charge on any atom is 0.349 e. The van der Waals surface area contributed by atoms with Gasteiger partial charge < -0.3 is 14.6 Å². The second kappa shape index (κ2) is 7.84. The predicted octanol–water partition coefficient (Wildman–Crippen LogP) is 6.76. The molecule has 1 fully saturated rings. The van der Waals surface area contributed by atoms with Crippen LogP contribution in [0.15, 0.2) is 36.4 Å². The standard InChI is InChI=1S/C23H24O4S/c1-14-12-20-18(13-19(14)26-2)21(22(28-20)23(24)25)27-17-10-8-16(9-11-17)15-6-4-3-5-7-15/h8-13,15H,3-7H2,1-2H3,(H,24,25). The average Bonchev–Trinajstić information content (AvgIpc) is 3.06. The maximum absolute atomic E-state index is 11.8. The molecule has 0 radical (unpaired) electrons. The van der Waals surface area contributed by atoms with Gasteiger partial charge in [-0.3, -0.25) is 0 Å². The van der Waals surface area contributed by atoms with Crippen LogP contribution in [0.4, 0.5) is 0 Å². The van der Waals surface area contributed by atoms with Crippen molar-refractivity contribution in [1.29, 1.82) is 0 Å². The summed E-state index contributed by atoms with van der Waals surface area (Å²) in [5.41, 5.74) is 2.31. The lowest BCUT2D eigenvalue weighted by Crippen LogP contribution is -2.04. The van der Waals surface area contributed by atoms with Crippen molar-refractivity contribution in [3.8, 4) is 17.2 Å². The molecule has 0 bridgehead atoms. The minimum absolute atomic E-state index is 0.207. The van der Waals surface area contributed by atoms with Crippen LogP contribution < -0.4 is 9.47 Å². The summed E-state index contributed by atoms with van der Waals surface area (Å²) in [7, 11) is 1.61. The molecular formula is C23H24O4S. The summed E-state index contributed by atoms with van der Waals surface area (Å²) in [4.78, 5) is 12.0. The Balaban J connectivity index is 1.68. The number of hydrogen-bond donors (Lipinski definition) is 1. The van der Waals surface area contributed by atoms with Crippen molar-refractivity contribution in [3.05, 3.63) is 52.4 Å². The maximum atomic E-state index is 11.8. The van der Waals surface area contributed by atoms with E-state index in [0.717, 1.165) is 21.4 Å². The van der Waals surface area contributed by atoms with Gasteiger partial charge >= 0.3 is 5.97 Å². The lowest BCUT2D eigenvalue weighted by atomic mass is 9.84. The Morgan fingerprint density at radius 2 is 1.82 bits per heavy atom. The lowest BCUT2D eigenvalue weighted by Gasteiger charge is -2.22. The monoisotopic (exact) mass is 396 g/mol. The molecule has 1 N–H and O–H groups in total. The van der Waals surface area contributed by atoms with Crippen molar-refractivity contribution in [1.82, 2.24) is 0 Å². The van der Waals surface area contributed by atoms with E-state index < -0.39 is 5.97 Å². The summed E-state index contributed by atoms with van der Waals surface area (Å²) in [6.07, 6.45) is 6.43. The first-order valence-corrected chi connectivity index (χ1v) is 10.5. The highest BCUT2D eigenvalue weighted by Gasteiger charge is 2.22. The smallest absolute Gasteiger partial charge is 0.349 e. The molecule has 1 saturated carbocycles.